The van der Waals surface area contributed by atoms with E-state index in [1.807, 2.05) is 30.3 Å². The summed E-state index contributed by atoms with van der Waals surface area (Å²) in [5, 5.41) is 5.98. The van der Waals surface area contributed by atoms with E-state index in [2.05, 4.69) is 10.6 Å². The number of nitrogens with one attached hydrogen (secondary N) is 2. The van der Waals surface area contributed by atoms with E-state index >= 15 is 0 Å². The van der Waals surface area contributed by atoms with Gasteiger partial charge in [-0.3, -0.25) is 4.79 Å². The van der Waals surface area contributed by atoms with Gasteiger partial charge in [0, 0.05) is 26.1 Å². The number of ether oxygens (including phenoxy) is 2. The van der Waals surface area contributed by atoms with E-state index in [4.69, 9.17) is 9.47 Å². The standard InChI is InChI=1S/C21H31N3O4/c1-27-13-12-22-20(25)19-14-18(28-17-10-6-3-7-11-17)15-24(19)21(26)23-16-8-4-2-5-9-16/h3,6-7,10-11,16,18-19H,2,4-5,8-9,12-15H2,1H3,(H,22,25)(H,23,26)/t18-,19+/m0/s1. The second kappa shape index (κ2) is 10.3. The van der Waals surface area contributed by atoms with Crippen LogP contribution in [0.15, 0.2) is 30.3 Å². The first-order valence-corrected chi connectivity index (χ1v) is 10.2. The zero-order chi connectivity index (χ0) is 19.8. The summed E-state index contributed by atoms with van der Waals surface area (Å²) >= 11 is 0. The Kier molecular flexibility index (Phi) is 7.54. The summed E-state index contributed by atoms with van der Waals surface area (Å²) < 4.78 is 11.0. The molecule has 1 saturated carbocycles. The van der Waals surface area contributed by atoms with Crippen LogP contribution in [0.2, 0.25) is 0 Å². The number of amides is 3. The van der Waals surface area contributed by atoms with Crippen LogP contribution < -0.4 is 15.4 Å². The van der Waals surface area contributed by atoms with Gasteiger partial charge < -0.3 is 25.0 Å². The van der Waals surface area contributed by atoms with Crippen molar-refractivity contribution < 1.29 is 19.1 Å². The van der Waals surface area contributed by atoms with Crippen LogP contribution in [0.4, 0.5) is 4.79 Å². The quantitative estimate of drug-likeness (QED) is 0.702. The number of benzene rings is 1. The summed E-state index contributed by atoms with van der Waals surface area (Å²) in [6, 6.07) is 9.02. The van der Waals surface area contributed by atoms with Crippen molar-refractivity contribution in [1.82, 2.24) is 15.5 Å². The largest absolute Gasteiger partial charge is 0.488 e. The molecule has 1 aromatic rings. The zero-order valence-corrected chi connectivity index (χ0v) is 16.6. The van der Waals surface area contributed by atoms with Crippen LogP contribution in [-0.2, 0) is 9.53 Å². The minimum absolute atomic E-state index is 0.157. The molecule has 2 N–H and O–H groups in total. The van der Waals surface area contributed by atoms with E-state index < -0.39 is 6.04 Å². The fraction of sp³-hybridized carbons (Fsp3) is 0.619. The molecule has 3 amide bonds. The van der Waals surface area contributed by atoms with Crippen LogP contribution in [0.25, 0.3) is 0 Å². The minimum Gasteiger partial charge on any atom is -0.488 e. The van der Waals surface area contributed by atoms with Crippen LogP contribution in [0.1, 0.15) is 38.5 Å². The number of likely N-dealkylation sites (tertiary alicyclic amines) is 1. The Morgan fingerprint density at radius 2 is 1.89 bits per heavy atom. The zero-order valence-electron chi connectivity index (χ0n) is 16.6. The highest BCUT2D eigenvalue weighted by Crippen LogP contribution is 2.24. The molecule has 1 saturated heterocycles. The average Bonchev–Trinajstić information content (AvgIpc) is 3.14. The van der Waals surface area contributed by atoms with E-state index in [9.17, 15) is 9.59 Å². The molecule has 28 heavy (non-hydrogen) atoms. The van der Waals surface area contributed by atoms with Gasteiger partial charge in [-0.1, -0.05) is 37.5 Å². The van der Waals surface area contributed by atoms with Gasteiger partial charge in [0.25, 0.3) is 0 Å². The number of urea groups is 1. The van der Waals surface area contributed by atoms with Gasteiger partial charge in [0.05, 0.1) is 13.2 Å². The van der Waals surface area contributed by atoms with Crippen molar-refractivity contribution in [2.45, 2.75) is 56.7 Å². The SMILES string of the molecule is COCCNC(=O)[C@H]1C[C@H](Oc2ccccc2)CN1C(=O)NC1CCCCC1. The number of para-hydroxylation sites is 1. The first kappa shape index (κ1) is 20.5. The predicted octanol–water partition coefficient (Wildman–Crippen LogP) is 2.31. The summed E-state index contributed by atoms with van der Waals surface area (Å²) in [5.74, 6) is 0.593. The molecule has 3 rings (SSSR count). The maximum Gasteiger partial charge on any atom is 0.318 e. The number of hydrogen-bond acceptors (Lipinski definition) is 4. The molecule has 154 valence electrons. The van der Waals surface area contributed by atoms with Crippen molar-refractivity contribution in [3.05, 3.63) is 30.3 Å². The number of nitrogens with zero attached hydrogens (tertiary/aromatic N) is 1. The second-order valence-electron chi connectivity index (χ2n) is 7.53. The number of carbonyl (C=O) groups excluding carboxylic acids is 2. The molecule has 1 aliphatic heterocycles. The fourth-order valence-corrected chi connectivity index (χ4v) is 3.95. The van der Waals surface area contributed by atoms with Crippen molar-refractivity contribution in [3.63, 3.8) is 0 Å². The van der Waals surface area contributed by atoms with Crippen molar-refractivity contribution in [2.75, 3.05) is 26.8 Å². The molecule has 2 fully saturated rings. The van der Waals surface area contributed by atoms with Gasteiger partial charge in [-0.05, 0) is 25.0 Å². The van der Waals surface area contributed by atoms with Gasteiger partial charge in [0.1, 0.15) is 17.9 Å². The molecule has 0 spiro atoms. The smallest absolute Gasteiger partial charge is 0.318 e. The lowest BCUT2D eigenvalue weighted by Gasteiger charge is -2.28. The summed E-state index contributed by atoms with van der Waals surface area (Å²) in [4.78, 5) is 27.2. The van der Waals surface area contributed by atoms with E-state index in [0.29, 0.717) is 26.1 Å². The molecule has 0 bridgehead atoms. The molecule has 0 aromatic heterocycles. The molecule has 2 atom stereocenters. The molecule has 1 aromatic carbocycles. The van der Waals surface area contributed by atoms with Crippen LogP contribution in [0.3, 0.4) is 0 Å². The van der Waals surface area contributed by atoms with Crippen LogP contribution >= 0.6 is 0 Å². The van der Waals surface area contributed by atoms with Crippen LogP contribution in [-0.4, -0.2) is 61.8 Å². The first-order valence-electron chi connectivity index (χ1n) is 10.2. The Bertz CT molecular complexity index is 634. The summed E-state index contributed by atoms with van der Waals surface area (Å²) in [6.45, 7) is 1.26. The maximum absolute atomic E-state index is 12.9. The van der Waals surface area contributed by atoms with E-state index in [-0.39, 0.29) is 24.1 Å². The summed E-state index contributed by atoms with van der Waals surface area (Å²) in [7, 11) is 1.59. The lowest BCUT2D eigenvalue weighted by molar-refractivity contribution is -0.124. The third-order valence-electron chi connectivity index (χ3n) is 5.41. The minimum atomic E-state index is -0.533. The average molecular weight is 389 g/mol. The van der Waals surface area contributed by atoms with Crippen LogP contribution in [0.5, 0.6) is 5.75 Å². The lowest BCUT2D eigenvalue weighted by atomic mass is 9.96. The van der Waals surface area contributed by atoms with Gasteiger partial charge in [-0.25, -0.2) is 4.79 Å². The third-order valence-corrected chi connectivity index (χ3v) is 5.41. The molecular formula is C21H31N3O4. The number of carbonyl (C=O) groups is 2. The Balaban J connectivity index is 1.63. The van der Waals surface area contributed by atoms with Crippen molar-refractivity contribution >= 4 is 11.9 Å². The topological polar surface area (TPSA) is 79.9 Å². The highest BCUT2D eigenvalue weighted by Gasteiger charge is 2.41. The molecule has 0 radical (unpaired) electrons. The molecule has 1 heterocycles. The van der Waals surface area contributed by atoms with E-state index in [1.54, 1.807) is 12.0 Å². The summed E-state index contributed by atoms with van der Waals surface area (Å²) in [5.41, 5.74) is 0. The van der Waals surface area contributed by atoms with E-state index in [0.717, 1.165) is 31.4 Å². The fourth-order valence-electron chi connectivity index (χ4n) is 3.95. The normalized spacial score (nSPS) is 22.7. The Hall–Kier alpha value is -2.28. The second-order valence-corrected chi connectivity index (χ2v) is 7.53. The lowest BCUT2D eigenvalue weighted by Crippen LogP contribution is -2.52. The highest BCUT2D eigenvalue weighted by molar-refractivity contribution is 5.88. The van der Waals surface area contributed by atoms with Crippen molar-refractivity contribution in [3.8, 4) is 5.75 Å². The van der Waals surface area contributed by atoms with Crippen LogP contribution in [0, 0.1) is 0 Å². The van der Waals surface area contributed by atoms with Gasteiger partial charge in [-0.15, -0.1) is 0 Å². The molecule has 7 heteroatoms. The van der Waals surface area contributed by atoms with Gasteiger partial charge in [-0.2, -0.15) is 0 Å². The first-order chi connectivity index (χ1) is 13.7. The highest BCUT2D eigenvalue weighted by atomic mass is 16.5. The molecule has 2 aliphatic rings. The van der Waals surface area contributed by atoms with E-state index in [1.165, 1.54) is 6.42 Å². The van der Waals surface area contributed by atoms with Crippen molar-refractivity contribution in [2.24, 2.45) is 0 Å². The monoisotopic (exact) mass is 389 g/mol. The molecule has 7 nitrogen and oxygen atoms in total. The summed E-state index contributed by atoms with van der Waals surface area (Å²) in [6.07, 6.45) is 5.80. The predicted molar refractivity (Wildman–Crippen MR) is 106 cm³/mol. The Labute approximate surface area is 166 Å². The number of hydrogen-bond donors (Lipinski definition) is 2. The van der Waals surface area contributed by atoms with Gasteiger partial charge in [0.2, 0.25) is 5.91 Å². The third kappa shape index (κ3) is 5.61. The van der Waals surface area contributed by atoms with Gasteiger partial charge >= 0.3 is 6.03 Å². The molecular weight excluding hydrogens is 358 g/mol. The Morgan fingerprint density at radius 3 is 2.61 bits per heavy atom. The molecule has 0 unspecified atom stereocenters. The number of methoxy groups -OCH3 is 1. The Morgan fingerprint density at radius 1 is 1.14 bits per heavy atom. The van der Waals surface area contributed by atoms with Crippen molar-refractivity contribution in [1.29, 1.82) is 0 Å². The maximum atomic E-state index is 12.9. The number of rotatable bonds is 7. The molecule has 1 aliphatic carbocycles. The van der Waals surface area contributed by atoms with Gasteiger partial charge in [0.15, 0.2) is 0 Å².